The topological polar surface area (TPSA) is 61.9 Å². The van der Waals surface area contributed by atoms with Gasteiger partial charge in [0.25, 0.3) is 5.91 Å². The SMILES string of the molecule is CC(C)C(=O)Nc1cc(C(=O)N2CCOCC2)ccc1N1CCCC1. The number of carbonyl (C=O) groups excluding carboxylic acids is 2. The molecule has 2 aliphatic rings. The highest BCUT2D eigenvalue weighted by Crippen LogP contribution is 2.31. The number of ether oxygens (including phenoxy) is 1. The Morgan fingerprint density at radius 3 is 2.40 bits per heavy atom. The van der Waals surface area contributed by atoms with Crippen LogP contribution >= 0.6 is 0 Å². The van der Waals surface area contributed by atoms with Gasteiger partial charge in [0.05, 0.1) is 24.6 Å². The van der Waals surface area contributed by atoms with Crippen LogP contribution in [-0.4, -0.2) is 56.1 Å². The number of nitrogens with zero attached hydrogens (tertiary/aromatic N) is 2. The van der Waals surface area contributed by atoms with Gasteiger partial charge in [-0.25, -0.2) is 0 Å². The van der Waals surface area contributed by atoms with Crippen LogP contribution in [0.25, 0.3) is 0 Å². The summed E-state index contributed by atoms with van der Waals surface area (Å²) in [5, 5.41) is 3.01. The van der Waals surface area contributed by atoms with Crippen LogP contribution in [-0.2, 0) is 9.53 Å². The van der Waals surface area contributed by atoms with E-state index in [1.54, 1.807) is 0 Å². The maximum atomic E-state index is 12.7. The molecule has 3 rings (SSSR count). The van der Waals surface area contributed by atoms with Gasteiger partial charge in [-0.1, -0.05) is 13.8 Å². The Labute approximate surface area is 149 Å². The lowest BCUT2D eigenvalue weighted by molar-refractivity contribution is -0.118. The highest BCUT2D eigenvalue weighted by Gasteiger charge is 2.22. The van der Waals surface area contributed by atoms with Crippen molar-refractivity contribution >= 4 is 23.2 Å². The molecule has 0 atom stereocenters. The molecule has 0 aliphatic carbocycles. The number of carbonyl (C=O) groups is 2. The third-order valence-electron chi connectivity index (χ3n) is 4.77. The molecule has 2 fully saturated rings. The van der Waals surface area contributed by atoms with E-state index in [0.29, 0.717) is 31.9 Å². The molecule has 2 saturated heterocycles. The second-order valence-corrected chi connectivity index (χ2v) is 6.97. The summed E-state index contributed by atoms with van der Waals surface area (Å²) in [6, 6.07) is 5.66. The number of benzene rings is 1. The number of anilines is 2. The smallest absolute Gasteiger partial charge is 0.254 e. The molecule has 0 unspecified atom stereocenters. The van der Waals surface area contributed by atoms with E-state index in [9.17, 15) is 9.59 Å². The summed E-state index contributed by atoms with van der Waals surface area (Å²) < 4.78 is 5.32. The fourth-order valence-electron chi connectivity index (χ4n) is 3.23. The predicted octanol–water partition coefficient (Wildman–Crippen LogP) is 2.35. The lowest BCUT2D eigenvalue weighted by Gasteiger charge is -2.28. The van der Waals surface area contributed by atoms with Gasteiger partial charge >= 0.3 is 0 Å². The van der Waals surface area contributed by atoms with Crippen molar-refractivity contribution in [3.8, 4) is 0 Å². The van der Waals surface area contributed by atoms with Gasteiger partial charge in [0.15, 0.2) is 0 Å². The molecule has 6 nitrogen and oxygen atoms in total. The number of morpholine rings is 1. The van der Waals surface area contributed by atoms with Gasteiger partial charge < -0.3 is 19.9 Å². The van der Waals surface area contributed by atoms with Gasteiger partial charge in [0.1, 0.15) is 0 Å². The minimum atomic E-state index is -0.106. The molecule has 1 aromatic rings. The Balaban J connectivity index is 1.87. The van der Waals surface area contributed by atoms with Crippen molar-refractivity contribution in [3.63, 3.8) is 0 Å². The van der Waals surface area contributed by atoms with Crippen LogP contribution in [0.4, 0.5) is 11.4 Å². The van der Waals surface area contributed by atoms with Crippen LogP contribution in [0.5, 0.6) is 0 Å². The molecule has 1 aromatic carbocycles. The van der Waals surface area contributed by atoms with Gasteiger partial charge in [-0.15, -0.1) is 0 Å². The maximum absolute atomic E-state index is 12.7. The van der Waals surface area contributed by atoms with Crippen LogP contribution in [0, 0.1) is 5.92 Å². The zero-order valence-corrected chi connectivity index (χ0v) is 15.1. The van der Waals surface area contributed by atoms with E-state index in [2.05, 4.69) is 10.2 Å². The fraction of sp³-hybridized carbons (Fsp3) is 0.579. The molecule has 2 heterocycles. The van der Waals surface area contributed by atoms with Crippen molar-refractivity contribution in [1.82, 2.24) is 4.90 Å². The number of hydrogen-bond acceptors (Lipinski definition) is 4. The molecule has 2 amide bonds. The molecule has 25 heavy (non-hydrogen) atoms. The quantitative estimate of drug-likeness (QED) is 0.910. The normalized spacial score (nSPS) is 17.9. The Morgan fingerprint density at radius 1 is 1.08 bits per heavy atom. The Bertz CT molecular complexity index is 633. The van der Waals surface area contributed by atoms with Gasteiger partial charge in [-0.05, 0) is 31.0 Å². The number of rotatable bonds is 4. The van der Waals surface area contributed by atoms with E-state index in [1.165, 1.54) is 0 Å². The van der Waals surface area contributed by atoms with Gasteiger partial charge in [-0.3, -0.25) is 9.59 Å². The molecule has 0 bridgehead atoms. The second-order valence-electron chi connectivity index (χ2n) is 6.97. The summed E-state index contributed by atoms with van der Waals surface area (Å²) in [6.07, 6.45) is 2.32. The summed E-state index contributed by atoms with van der Waals surface area (Å²) >= 11 is 0. The van der Waals surface area contributed by atoms with Crippen molar-refractivity contribution in [2.75, 3.05) is 49.6 Å². The van der Waals surface area contributed by atoms with Crippen LogP contribution in [0.3, 0.4) is 0 Å². The van der Waals surface area contributed by atoms with Crippen LogP contribution < -0.4 is 10.2 Å². The van der Waals surface area contributed by atoms with Crippen molar-refractivity contribution in [3.05, 3.63) is 23.8 Å². The zero-order chi connectivity index (χ0) is 17.8. The third kappa shape index (κ3) is 4.12. The first-order chi connectivity index (χ1) is 12.1. The molecule has 1 N–H and O–H groups in total. The number of nitrogens with one attached hydrogen (secondary N) is 1. The zero-order valence-electron chi connectivity index (χ0n) is 15.1. The van der Waals surface area contributed by atoms with E-state index in [0.717, 1.165) is 37.3 Å². The van der Waals surface area contributed by atoms with Gasteiger partial charge in [0.2, 0.25) is 5.91 Å². The van der Waals surface area contributed by atoms with Gasteiger partial charge in [0, 0.05) is 37.7 Å². The third-order valence-corrected chi connectivity index (χ3v) is 4.77. The van der Waals surface area contributed by atoms with Crippen LogP contribution in [0.1, 0.15) is 37.0 Å². The first-order valence-electron chi connectivity index (χ1n) is 9.13. The van der Waals surface area contributed by atoms with E-state index in [-0.39, 0.29) is 17.7 Å². The average Bonchev–Trinajstić information content (AvgIpc) is 3.16. The molecule has 6 heteroatoms. The summed E-state index contributed by atoms with van der Waals surface area (Å²) in [5.41, 5.74) is 2.36. The Hall–Kier alpha value is -2.08. The van der Waals surface area contributed by atoms with E-state index >= 15 is 0 Å². The number of hydrogen-bond donors (Lipinski definition) is 1. The van der Waals surface area contributed by atoms with Crippen LogP contribution in [0.15, 0.2) is 18.2 Å². The van der Waals surface area contributed by atoms with Crippen molar-refractivity contribution < 1.29 is 14.3 Å². The molecule has 136 valence electrons. The Kier molecular flexibility index (Phi) is 5.58. The average molecular weight is 345 g/mol. The highest BCUT2D eigenvalue weighted by molar-refractivity contribution is 6.00. The minimum absolute atomic E-state index is 0.00341. The molecular formula is C19H27N3O3. The first-order valence-corrected chi connectivity index (χ1v) is 9.13. The molecule has 0 radical (unpaired) electrons. The number of amides is 2. The lowest BCUT2D eigenvalue weighted by Crippen LogP contribution is -2.40. The van der Waals surface area contributed by atoms with E-state index < -0.39 is 0 Å². The minimum Gasteiger partial charge on any atom is -0.378 e. The summed E-state index contributed by atoms with van der Waals surface area (Å²) in [6.45, 7) is 8.09. The molecular weight excluding hydrogens is 318 g/mol. The second kappa shape index (κ2) is 7.87. The Morgan fingerprint density at radius 2 is 1.76 bits per heavy atom. The first kappa shape index (κ1) is 17.7. The molecule has 0 saturated carbocycles. The largest absolute Gasteiger partial charge is 0.378 e. The maximum Gasteiger partial charge on any atom is 0.254 e. The molecule has 0 spiro atoms. The predicted molar refractivity (Wildman–Crippen MR) is 98.1 cm³/mol. The molecule has 0 aromatic heterocycles. The van der Waals surface area contributed by atoms with Crippen molar-refractivity contribution in [1.29, 1.82) is 0 Å². The van der Waals surface area contributed by atoms with Gasteiger partial charge in [-0.2, -0.15) is 0 Å². The summed E-state index contributed by atoms with van der Waals surface area (Å²) in [7, 11) is 0. The highest BCUT2D eigenvalue weighted by atomic mass is 16.5. The standard InChI is InChI=1S/C19H27N3O3/c1-14(2)18(23)20-16-13-15(19(24)22-9-11-25-12-10-22)5-6-17(16)21-7-3-4-8-21/h5-6,13-14H,3-4,7-12H2,1-2H3,(H,20,23). The molecule has 2 aliphatic heterocycles. The van der Waals surface area contributed by atoms with E-state index in [4.69, 9.17) is 4.74 Å². The van der Waals surface area contributed by atoms with E-state index in [1.807, 2.05) is 36.9 Å². The summed E-state index contributed by atoms with van der Waals surface area (Å²) in [4.78, 5) is 29.1. The fourth-order valence-corrected chi connectivity index (χ4v) is 3.23. The lowest BCUT2D eigenvalue weighted by atomic mass is 10.1. The van der Waals surface area contributed by atoms with Crippen molar-refractivity contribution in [2.24, 2.45) is 5.92 Å². The summed E-state index contributed by atoms with van der Waals surface area (Å²) in [5.74, 6) is -0.141. The van der Waals surface area contributed by atoms with Crippen LogP contribution in [0.2, 0.25) is 0 Å². The monoisotopic (exact) mass is 345 g/mol. The van der Waals surface area contributed by atoms with Crippen molar-refractivity contribution in [2.45, 2.75) is 26.7 Å².